The van der Waals surface area contributed by atoms with Gasteiger partial charge in [-0.2, -0.15) is 0 Å². The predicted molar refractivity (Wildman–Crippen MR) is 143 cm³/mol. The van der Waals surface area contributed by atoms with E-state index in [0.29, 0.717) is 0 Å². The van der Waals surface area contributed by atoms with Gasteiger partial charge in [-0.1, -0.05) is 0 Å². The molecule has 0 amide bonds. The molecule has 6 N–H and O–H groups in total. The van der Waals surface area contributed by atoms with Crippen LogP contribution in [0.25, 0.3) is 22.3 Å². The smallest absolute Gasteiger partial charge is 0.382 e. The van der Waals surface area contributed by atoms with Gasteiger partial charge in [0.1, 0.15) is 54.5 Å². The van der Waals surface area contributed by atoms with Gasteiger partial charge in [0.15, 0.2) is 47.7 Å². The molecule has 2 unspecified atom stereocenters. The summed E-state index contributed by atoms with van der Waals surface area (Å²) in [6, 6.07) is 0. The van der Waals surface area contributed by atoms with E-state index in [9.17, 15) is 18.9 Å². The summed E-state index contributed by atoms with van der Waals surface area (Å²) in [5.41, 5.74) is 12.1. The molecule has 7 heterocycles. The Morgan fingerprint density at radius 3 is 2.00 bits per heavy atom. The molecule has 3 aliphatic rings. The van der Waals surface area contributed by atoms with E-state index in [1.54, 1.807) is 0 Å². The van der Waals surface area contributed by atoms with Gasteiger partial charge in [0.25, 0.3) is 0 Å². The zero-order valence-electron chi connectivity index (χ0n) is 22.6. The number of nitrogen functional groups attached to an aromatic ring is 2. The number of hydrogen-bond acceptors (Lipinski definition) is 16. The highest BCUT2D eigenvalue weighted by Gasteiger charge is 2.53. The van der Waals surface area contributed by atoms with E-state index < -0.39 is 84.2 Å². The average molecular weight is 676 g/mol. The van der Waals surface area contributed by atoms with Gasteiger partial charge < -0.3 is 40.0 Å². The number of aromatic nitrogens is 8. The third-order valence-electron chi connectivity index (χ3n) is 7.38. The Hall–Kier alpha value is -3.30. The normalized spacial score (nSPS) is 38.0. The highest BCUT2D eigenvalue weighted by Crippen LogP contribution is 2.52. The van der Waals surface area contributed by atoms with Gasteiger partial charge >= 0.3 is 15.4 Å². The second kappa shape index (κ2) is 11.2. The van der Waals surface area contributed by atoms with E-state index in [4.69, 9.17) is 39.2 Å². The fourth-order valence-electron chi connectivity index (χ4n) is 5.29. The summed E-state index contributed by atoms with van der Waals surface area (Å²) in [5, 5.41) is 0. The molecule has 45 heavy (non-hydrogen) atoms. The van der Waals surface area contributed by atoms with Crippen molar-refractivity contribution in [2.24, 2.45) is 0 Å². The van der Waals surface area contributed by atoms with Crippen LogP contribution in [-0.2, 0) is 36.9 Å². The van der Waals surface area contributed by atoms with Crippen molar-refractivity contribution in [2.45, 2.75) is 49.2 Å². The first kappa shape index (κ1) is 30.4. The molecule has 0 radical (unpaired) electrons. The number of phosphoric acid groups is 1. The van der Waals surface area contributed by atoms with Crippen molar-refractivity contribution in [3.05, 3.63) is 25.3 Å². The van der Waals surface area contributed by atoms with E-state index in [1.807, 2.05) is 0 Å². The molecule has 242 valence electrons. The number of fused-ring (bicyclic) bond motifs is 5. The molecular formula is C21H24F2N10O10P2. The SMILES string of the molecule is Nc1ncnc2c1ncn2[C@@H]1O[C@@H]2COP(=O)(O)O[C@@H]3[C@H](F)[C@@H](COP(=O)(O)CO[C@H]2[C@H]1F)O[C@H]3n1cnc2c(N)ncnc21. The molecular weight excluding hydrogens is 652 g/mol. The Kier molecular flexibility index (Phi) is 7.55. The van der Waals surface area contributed by atoms with Crippen LogP contribution in [0.4, 0.5) is 20.4 Å². The van der Waals surface area contributed by atoms with Crippen LogP contribution in [0.3, 0.4) is 0 Å². The standard InChI is InChI=1S/C21H24F2N10O10P2/c22-10-8-1-39-44(34,35)7-38-14-9(42-20(11(14)23)32-5-30-12-16(24)26-3-28-18(12)32)2-40-45(36,37)43-15(10)21(41-8)33-6-31-13-17(25)27-4-29-19(13)33/h3-6,8-11,14-15,20-21H,1-2,7H2,(H,34,35)(H,36,37)(H2,24,26,28)(H2,25,27,29)/t8-,9-,10-,11-,14-,15-,20-,21-/m1/s1. The van der Waals surface area contributed by atoms with Crippen LogP contribution in [0, 0.1) is 0 Å². The number of halogens is 2. The van der Waals surface area contributed by atoms with Crippen LogP contribution in [0.2, 0.25) is 0 Å². The summed E-state index contributed by atoms with van der Waals surface area (Å²) in [7, 11) is -9.81. The third kappa shape index (κ3) is 5.46. The first-order valence-corrected chi connectivity index (χ1v) is 16.4. The first-order chi connectivity index (χ1) is 21.4. The number of phosphoric ester groups is 1. The Balaban J connectivity index is 1.19. The third-order valence-corrected chi connectivity index (χ3v) is 9.39. The number of nitrogens with two attached hydrogens (primary N) is 2. The summed E-state index contributed by atoms with van der Waals surface area (Å²) in [5.74, 6) is 0.0151. The van der Waals surface area contributed by atoms with Crippen LogP contribution >= 0.6 is 15.4 Å². The molecule has 3 fully saturated rings. The number of hydrogen-bond donors (Lipinski definition) is 4. The van der Waals surface area contributed by atoms with Crippen molar-refractivity contribution in [2.75, 3.05) is 31.0 Å². The predicted octanol–water partition coefficient (Wildman–Crippen LogP) is 0.362. The molecule has 0 spiro atoms. The second-order valence-electron chi connectivity index (χ2n) is 10.2. The minimum atomic E-state index is -5.15. The lowest BCUT2D eigenvalue weighted by Gasteiger charge is -2.25. The molecule has 0 aliphatic carbocycles. The number of anilines is 2. The average Bonchev–Trinajstić information content (AvgIpc) is 3.75. The Labute approximate surface area is 249 Å². The van der Waals surface area contributed by atoms with E-state index in [0.717, 1.165) is 12.7 Å². The number of alkyl halides is 2. The minimum Gasteiger partial charge on any atom is -0.382 e. The molecule has 7 rings (SSSR count). The summed E-state index contributed by atoms with van der Waals surface area (Å²) >= 11 is 0. The highest BCUT2D eigenvalue weighted by atomic mass is 31.2. The summed E-state index contributed by atoms with van der Waals surface area (Å²) in [4.78, 5) is 45.0. The molecule has 0 saturated carbocycles. The number of ether oxygens (including phenoxy) is 3. The number of rotatable bonds is 2. The van der Waals surface area contributed by atoms with Gasteiger partial charge in [-0.05, 0) is 0 Å². The van der Waals surface area contributed by atoms with Crippen molar-refractivity contribution < 1.29 is 55.5 Å². The number of imidazole rings is 2. The molecule has 4 aromatic heterocycles. The van der Waals surface area contributed by atoms with E-state index >= 15 is 8.78 Å². The topological polar surface area (TPSA) is 269 Å². The molecule has 2 bridgehead atoms. The van der Waals surface area contributed by atoms with Gasteiger partial charge in [0, 0.05) is 0 Å². The lowest BCUT2D eigenvalue weighted by atomic mass is 10.1. The van der Waals surface area contributed by atoms with Gasteiger partial charge in [0.2, 0.25) is 0 Å². The van der Waals surface area contributed by atoms with E-state index in [2.05, 4.69) is 29.9 Å². The molecule has 24 heteroatoms. The molecule has 0 aromatic carbocycles. The van der Waals surface area contributed by atoms with Gasteiger partial charge in [-0.25, -0.2) is 43.2 Å². The lowest BCUT2D eigenvalue weighted by Crippen LogP contribution is -2.36. The molecule has 3 aliphatic heterocycles. The van der Waals surface area contributed by atoms with Crippen LogP contribution in [0.5, 0.6) is 0 Å². The van der Waals surface area contributed by atoms with E-state index in [-0.39, 0.29) is 34.0 Å². The van der Waals surface area contributed by atoms with Crippen LogP contribution in [0.1, 0.15) is 12.5 Å². The fraction of sp³-hybridized carbons (Fsp3) is 0.524. The maximum Gasteiger partial charge on any atom is 0.472 e. The molecule has 4 aromatic rings. The second-order valence-corrected chi connectivity index (χ2v) is 13.4. The molecule has 3 saturated heterocycles. The molecule has 20 nitrogen and oxygen atoms in total. The maximum atomic E-state index is 15.9. The Bertz CT molecular complexity index is 1850. The van der Waals surface area contributed by atoms with E-state index in [1.165, 1.54) is 21.8 Å². The zero-order valence-corrected chi connectivity index (χ0v) is 24.4. The quantitative estimate of drug-likeness (QED) is 0.209. The van der Waals surface area contributed by atoms with Crippen molar-refractivity contribution >= 4 is 49.4 Å². The largest absolute Gasteiger partial charge is 0.472 e. The van der Waals surface area contributed by atoms with Gasteiger partial charge in [-0.15, -0.1) is 0 Å². The monoisotopic (exact) mass is 676 g/mol. The molecule has 10 atom stereocenters. The highest BCUT2D eigenvalue weighted by molar-refractivity contribution is 7.52. The Morgan fingerprint density at radius 1 is 0.778 bits per heavy atom. The lowest BCUT2D eigenvalue weighted by molar-refractivity contribution is -0.0620. The Morgan fingerprint density at radius 2 is 1.36 bits per heavy atom. The van der Waals surface area contributed by atoms with Crippen LogP contribution in [0.15, 0.2) is 25.3 Å². The van der Waals surface area contributed by atoms with Crippen molar-refractivity contribution in [3.63, 3.8) is 0 Å². The zero-order chi connectivity index (χ0) is 31.7. The van der Waals surface area contributed by atoms with Gasteiger partial charge in [0.05, 0.1) is 25.9 Å². The first-order valence-electron chi connectivity index (χ1n) is 13.1. The van der Waals surface area contributed by atoms with Gasteiger partial charge in [-0.3, -0.25) is 22.7 Å². The summed E-state index contributed by atoms with van der Waals surface area (Å²) in [6.45, 7) is -1.67. The van der Waals surface area contributed by atoms with Crippen molar-refractivity contribution in [3.8, 4) is 0 Å². The summed E-state index contributed by atoms with van der Waals surface area (Å²) < 4.78 is 92.4. The van der Waals surface area contributed by atoms with Crippen molar-refractivity contribution in [1.29, 1.82) is 0 Å². The van der Waals surface area contributed by atoms with Crippen LogP contribution < -0.4 is 11.5 Å². The fourth-order valence-corrected chi connectivity index (χ4v) is 7.03. The number of nitrogens with zero attached hydrogens (tertiary/aromatic N) is 8. The summed E-state index contributed by atoms with van der Waals surface area (Å²) in [6.07, 6.45) is -10.2. The van der Waals surface area contributed by atoms with Crippen LogP contribution in [-0.4, -0.2) is 105 Å². The maximum absolute atomic E-state index is 15.9. The van der Waals surface area contributed by atoms with Crippen molar-refractivity contribution in [1.82, 2.24) is 39.0 Å². The minimum absolute atomic E-state index is 0.00290.